The van der Waals surface area contributed by atoms with E-state index in [-0.39, 0.29) is 34.6 Å². The second-order valence-electron chi connectivity index (χ2n) is 8.84. The molecular weight excluding hydrogens is 386 g/mol. The van der Waals surface area contributed by atoms with Crippen LogP contribution in [0.4, 0.5) is 4.79 Å². The molecule has 7 heteroatoms. The quantitative estimate of drug-likeness (QED) is 0.397. The summed E-state index contributed by atoms with van der Waals surface area (Å²) >= 11 is 1.22. The van der Waals surface area contributed by atoms with Crippen LogP contribution in [0, 0.1) is 0 Å². The Morgan fingerprint density at radius 2 is 1.41 bits per heavy atom. The van der Waals surface area contributed by atoms with E-state index in [0.29, 0.717) is 38.2 Å². The molecule has 0 rings (SSSR count). The lowest BCUT2D eigenvalue weighted by atomic mass is 10.1. The highest BCUT2D eigenvalue weighted by Gasteiger charge is 2.26. The molecule has 0 fully saturated rings. The Kier molecular flexibility index (Phi) is 12.0. The average molecular weight is 426 g/mol. The van der Waals surface area contributed by atoms with Crippen molar-refractivity contribution in [1.29, 1.82) is 0 Å². The van der Waals surface area contributed by atoms with Gasteiger partial charge in [0.05, 0.1) is 0 Å². The Balaban J connectivity index is 4.23. The SMILES string of the molecule is C=CCN(C(=O)CCCSC(=O)CCNC(=O)N(CC=C)C(C)(C)C)C(C)(C)C. The fourth-order valence-corrected chi connectivity index (χ4v) is 3.42. The van der Waals surface area contributed by atoms with Crippen LogP contribution in [0.2, 0.25) is 0 Å². The predicted octanol–water partition coefficient (Wildman–Crippen LogP) is 4.23. The van der Waals surface area contributed by atoms with E-state index in [1.165, 1.54) is 11.8 Å². The number of thioether (sulfide) groups is 1. The van der Waals surface area contributed by atoms with Gasteiger partial charge in [0.2, 0.25) is 5.91 Å². The Morgan fingerprint density at radius 3 is 1.90 bits per heavy atom. The number of urea groups is 1. The number of rotatable bonds is 11. The fraction of sp³-hybridized carbons (Fsp3) is 0.682. The Hall–Kier alpha value is -1.76. The van der Waals surface area contributed by atoms with Crippen LogP contribution in [0.1, 0.15) is 60.8 Å². The highest BCUT2D eigenvalue weighted by Crippen LogP contribution is 2.17. The first-order chi connectivity index (χ1) is 13.3. The Bertz CT molecular complexity index is 577. The third kappa shape index (κ3) is 11.1. The molecule has 0 saturated heterocycles. The first-order valence-corrected chi connectivity index (χ1v) is 11.1. The maximum Gasteiger partial charge on any atom is 0.318 e. The summed E-state index contributed by atoms with van der Waals surface area (Å²) in [4.78, 5) is 40.2. The fourth-order valence-electron chi connectivity index (χ4n) is 2.65. The number of carbonyl (C=O) groups is 3. The molecule has 6 nitrogen and oxygen atoms in total. The van der Waals surface area contributed by atoms with E-state index in [2.05, 4.69) is 18.5 Å². The second-order valence-corrected chi connectivity index (χ2v) is 9.99. The molecule has 0 aliphatic heterocycles. The van der Waals surface area contributed by atoms with E-state index >= 15 is 0 Å². The molecule has 0 atom stereocenters. The van der Waals surface area contributed by atoms with Gasteiger partial charge in [-0.15, -0.1) is 13.2 Å². The summed E-state index contributed by atoms with van der Waals surface area (Å²) in [7, 11) is 0. The van der Waals surface area contributed by atoms with Crippen LogP contribution in [0.5, 0.6) is 0 Å². The Morgan fingerprint density at radius 1 is 0.897 bits per heavy atom. The molecule has 0 aromatic heterocycles. The lowest BCUT2D eigenvalue weighted by Gasteiger charge is -2.35. The molecular formula is C22H39N3O3S. The maximum atomic E-state index is 12.4. The van der Waals surface area contributed by atoms with Gasteiger partial charge < -0.3 is 15.1 Å². The predicted molar refractivity (Wildman–Crippen MR) is 123 cm³/mol. The minimum absolute atomic E-state index is 0.0162. The molecule has 0 heterocycles. The van der Waals surface area contributed by atoms with Crippen LogP contribution in [-0.4, -0.2) is 63.3 Å². The van der Waals surface area contributed by atoms with Crippen molar-refractivity contribution in [3.8, 4) is 0 Å². The highest BCUT2D eigenvalue weighted by molar-refractivity contribution is 8.13. The van der Waals surface area contributed by atoms with Gasteiger partial charge in [0.1, 0.15) is 0 Å². The lowest BCUT2D eigenvalue weighted by molar-refractivity contribution is -0.135. The van der Waals surface area contributed by atoms with E-state index < -0.39 is 0 Å². The smallest absolute Gasteiger partial charge is 0.318 e. The number of amides is 3. The monoisotopic (exact) mass is 425 g/mol. The summed E-state index contributed by atoms with van der Waals surface area (Å²) in [6.07, 6.45) is 4.72. The van der Waals surface area contributed by atoms with Gasteiger partial charge in [-0.3, -0.25) is 9.59 Å². The van der Waals surface area contributed by atoms with Crippen LogP contribution >= 0.6 is 11.8 Å². The molecule has 166 valence electrons. The summed E-state index contributed by atoms with van der Waals surface area (Å²) in [5.74, 6) is 0.664. The molecule has 0 aliphatic carbocycles. The first kappa shape index (κ1) is 27.2. The van der Waals surface area contributed by atoms with Gasteiger partial charge in [0, 0.05) is 49.3 Å². The topological polar surface area (TPSA) is 69.7 Å². The van der Waals surface area contributed by atoms with Crippen molar-refractivity contribution in [3.05, 3.63) is 25.3 Å². The summed E-state index contributed by atoms with van der Waals surface area (Å²) < 4.78 is 0. The lowest BCUT2D eigenvalue weighted by Crippen LogP contribution is -2.50. The third-order valence-electron chi connectivity index (χ3n) is 4.19. The molecule has 29 heavy (non-hydrogen) atoms. The van der Waals surface area contributed by atoms with Gasteiger partial charge in [-0.1, -0.05) is 23.9 Å². The minimum atomic E-state index is -0.323. The van der Waals surface area contributed by atoms with Crippen molar-refractivity contribution >= 4 is 28.8 Å². The normalized spacial score (nSPS) is 11.5. The van der Waals surface area contributed by atoms with Crippen LogP contribution in [-0.2, 0) is 9.59 Å². The van der Waals surface area contributed by atoms with Gasteiger partial charge in [0.25, 0.3) is 0 Å². The van der Waals surface area contributed by atoms with Gasteiger partial charge in [-0.2, -0.15) is 0 Å². The standard InChI is InChI=1S/C22H39N3O3S/c1-9-15-24(21(3,4)5)18(26)12-11-17-29-19(27)13-14-23-20(28)25(16-10-2)22(6,7)8/h9-10H,1-2,11-17H2,3-8H3,(H,23,28). The number of nitrogens with zero attached hydrogens (tertiary/aromatic N) is 2. The number of hydrogen-bond acceptors (Lipinski definition) is 4. The van der Waals surface area contributed by atoms with Crippen LogP contribution < -0.4 is 5.32 Å². The largest absolute Gasteiger partial charge is 0.337 e. The highest BCUT2D eigenvalue weighted by atomic mass is 32.2. The molecule has 3 amide bonds. The number of nitrogens with one attached hydrogen (secondary N) is 1. The summed E-state index contributed by atoms with van der Waals surface area (Å²) in [5.41, 5.74) is -0.574. The van der Waals surface area contributed by atoms with E-state index in [1.54, 1.807) is 22.0 Å². The van der Waals surface area contributed by atoms with Crippen molar-refractivity contribution in [2.45, 2.75) is 71.9 Å². The molecule has 0 bridgehead atoms. The van der Waals surface area contributed by atoms with E-state index in [0.717, 1.165) is 0 Å². The van der Waals surface area contributed by atoms with Crippen molar-refractivity contribution in [2.75, 3.05) is 25.4 Å². The van der Waals surface area contributed by atoms with Gasteiger partial charge in [0.15, 0.2) is 5.12 Å². The summed E-state index contributed by atoms with van der Waals surface area (Å²) in [6, 6.07) is -0.203. The summed E-state index contributed by atoms with van der Waals surface area (Å²) in [5, 5.41) is 2.81. The number of carbonyl (C=O) groups excluding carboxylic acids is 3. The third-order valence-corrected chi connectivity index (χ3v) is 5.21. The molecule has 0 saturated carbocycles. The van der Waals surface area contributed by atoms with Crippen LogP contribution in [0.25, 0.3) is 0 Å². The molecule has 0 aromatic carbocycles. The molecule has 0 aromatic rings. The molecule has 1 N–H and O–H groups in total. The molecule has 0 radical (unpaired) electrons. The molecule has 0 spiro atoms. The minimum Gasteiger partial charge on any atom is -0.337 e. The van der Waals surface area contributed by atoms with E-state index in [9.17, 15) is 14.4 Å². The van der Waals surface area contributed by atoms with Crippen molar-refractivity contribution < 1.29 is 14.4 Å². The average Bonchev–Trinajstić information content (AvgIpc) is 2.58. The zero-order valence-electron chi connectivity index (χ0n) is 19.0. The Labute approximate surface area is 181 Å². The van der Waals surface area contributed by atoms with Gasteiger partial charge in [-0.05, 0) is 48.0 Å². The van der Waals surface area contributed by atoms with Gasteiger partial charge in [-0.25, -0.2) is 4.79 Å². The molecule has 0 aliphatic rings. The second kappa shape index (κ2) is 12.7. The zero-order valence-corrected chi connectivity index (χ0v) is 19.9. The summed E-state index contributed by atoms with van der Waals surface area (Å²) in [6.45, 7) is 20.5. The first-order valence-electron chi connectivity index (χ1n) is 10.1. The van der Waals surface area contributed by atoms with Crippen molar-refractivity contribution in [3.63, 3.8) is 0 Å². The maximum absolute atomic E-state index is 12.4. The number of hydrogen-bond donors (Lipinski definition) is 1. The zero-order chi connectivity index (χ0) is 22.7. The van der Waals surface area contributed by atoms with Gasteiger partial charge >= 0.3 is 6.03 Å². The molecule has 0 unspecified atom stereocenters. The van der Waals surface area contributed by atoms with E-state index in [1.807, 2.05) is 41.5 Å². The van der Waals surface area contributed by atoms with Crippen LogP contribution in [0.3, 0.4) is 0 Å². The van der Waals surface area contributed by atoms with Crippen molar-refractivity contribution in [2.24, 2.45) is 0 Å². The van der Waals surface area contributed by atoms with Crippen LogP contribution in [0.15, 0.2) is 25.3 Å². The van der Waals surface area contributed by atoms with Crippen molar-refractivity contribution in [1.82, 2.24) is 15.1 Å². The van der Waals surface area contributed by atoms with E-state index in [4.69, 9.17) is 0 Å².